The molecule has 2 atom stereocenters. The highest BCUT2D eigenvalue weighted by Crippen LogP contribution is 2.26. The molecule has 1 aliphatic heterocycles. The van der Waals surface area contributed by atoms with Crippen LogP contribution in [0.2, 0.25) is 10.0 Å². The van der Waals surface area contributed by atoms with E-state index in [-0.39, 0.29) is 5.91 Å². The van der Waals surface area contributed by atoms with E-state index < -0.39 is 0 Å². The van der Waals surface area contributed by atoms with E-state index in [1.807, 2.05) is 42.5 Å². The summed E-state index contributed by atoms with van der Waals surface area (Å²) >= 11 is 12.1. The van der Waals surface area contributed by atoms with E-state index >= 15 is 0 Å². The van der Waals surface area contributed by atoms with Gasteiger partial charge in [0.05, 0.1) is 17.2 Å². The highest BCUT2D eigenvalue weighted by Gasteiger charge is 2.24. The first-order chi connectivity index (χ1) is 17.0. The first kappa shape index (κ1) is 25.4. The third kappa shape index (κ3) is 7.40. The van der Waals surface area contributed by atoms with E-state index in [9.17, 15) is 4.79 Å². The Kier molecular flexibility index (Phi) is 8.96. The molecule has 1 aromatic heterocycles. The summed E-state index contributed by atoms with van der Waals surface area (Å²) in [5.41, 5.74) is 3.16. The molecule has 3 aromatic rings. The van der Waals surface area contributed by atoms with Gasteiger partial charge in [-0.3, -0.25) is 4.79 Å². The molecule has 8 heteroatoms. The van der Waals surface area contributed by atoms with E-state index in [4.69, 9.17) is 27.9 Å². The van der Waals surface area contributed by atoms with E-state index in [0.717, 1.165) is 42.7 Å². The van der Waals surface area contributed by atoms with Gasteiger partial charge in [-0.05, 0) is 67.1 Å². The van der Waals surface area contributed by atoms with Crippen LogP contribution in [0.25, 0.3) is 11.1 Å². The summed E-state index contributed by atoms with van der Waals surface area (Å²) in [7, 11) is 1.64. The smallest absolute Gasteiger partial charge is 0.220 e. The first-order valence-electron chi connectivity index (χ1n) is 11.9. The number of carbonyl (C=O) groups excluding carboxylic acids is 1. The van der Waals surface area contributed by atoms with Gasteiger partial charge >= 0.3 is 0 Å². The maximum Gasteiger partial charge on any atom is 0.220 e. The normalized spacial score (nSPS) is 17.3. The minimum Gasteiger partial charge on any atom is -0.497 e. The van der Waals surface area contributed by atoms with Gasteiger partial charge in [-0.25, -0.2) is 9.97 Å². The summed E-state index contributed by atoms with van der Waals surface area (Å²) in [4.78, 5) is 21.1. The fraction of sp³-hybridized carbons (Fsp3) is 0.370. The van der Waals surface area contributed by atoms with E-state index in [2.05, 4.69) is 20.6 Å². The van der Waals surface area contributed by atoms with Crippen LogP contribution < -0.4 is 15.4 Å². The fourth-order valence-corrected chi connectivity index (χ4v) is 4.71. The number of halogens is 2. The second-order valence-electron chi connectivity index (χ2n) is 8.91. The quantitative estimate of drug-likeness (QED) is 0.394. The lowest BCUT2D eigenvalue weighted by molar-refractivity contribution is -0.121. The van der Waals surface area contributed by atoms with Gasteiger partial charge in [0, 0.05) is 43.4 Å². The van der Waals surface area contributed by atoms with Crippen molar-refractivity contribution in [1.82, 2.24) is 20.6 Å². The van der Waals surface area contributed by atoms with Gasteiger partial charge in [0.1, 0.15) is 11.6 Å². The molecule has 0 aliphatic carbocycles. The minimum absolute atomic E-state index is 0.0261. The fourth-order valence-electron chi connectivity index (χ4n) is 4.39. The second kappa shape index (κ2) is 12.3. The van der Waals surface area contributed by atoms with Crippen LogP contribution >= 0.6 is 23.2 Å². The van der Waals surface area contributed by atoms with Crippen LogP contribution in [-0.2, 0) is 17.6 Å². The zero-order chi connectivity index (χ0) is 24.6. The summed E-state index contributed by atoms with van der Waals surface area (Å²) in [6.45, 7) is 1.63. The third-order valence-electron chi connectivity index (χ3n) is 6.34. The third-order valence-corrected chi connectivity index (χ3v) is 7.08. The van der Waals surface area contributed by atoms with Gasteiger partial charge in [0.15, 0.2) is 0 Å². The van der Waals surface area contributed by atoms with Gasteiger partial charge < -0.3 is 15.4 Å². The maximum absolute atomic E-state index is 12.3. The van der Waals surface area contributed by atoms with Gasteiger partial charge in [0.2, 0.25) is 5.91 Å². The molecule has 2 heterocycles. The van der Waals surface area contributed by atoms with Gasteiger partial charge in [0.25, 0.3) is 0 Å². The lowest BCUT2D eigenvalue weighted by Crippen LogP contribution is -2.30. The SMILES string of the molecule is COc1ccc(-c2cnc(CCC(=O)NCCC3CC(Cc4ccc(Cl)c(Cl)c4)CN3)nc2)cc1. The van der Waals surface area contributed by atoms with Crippen LogP contribution in [0.1, 0.15) is 30.7 Å². The van der Waals surface area contributed by atoms with Crippen LogP contribution in [0.15, 0.2) is 54.9 Å². The number of rotatable bonds is 10. The molecular weight excluding hydrogens is 483 g/mol. The molecule has 0 spiro atoms. The zero-order valence-corrected chi connectivity index (χ0v) is 21.3. The molecule has 0 saturated carbocycles. The predicted octanol–water partition coefficient (Wildman–Crippen LogP) is 5.12. The van der Waals surface area contributed by atoms with Crippen LogP contribution in [0, 0.1) is 5.92 Å². The summed E-state index contributed by atoms with van der Waals surface area (Å²) in [5.74, 6) is 2.06. The van der Waals surface area contributed by atoms with Crippen LogP contribution in [-0.4, -0.2) is 42.1 Å². The van der Waals surface area contributed by atoms with Crippen LogP contribution in [0.3, 0.4) is 0 Å². The number of benzene rings is 2. The molecule has 1 amide bonds. The lowest BCUT2D eigenvalue weighted by Gasteiger charge is -2.12. The topological polar surface area (TPSA) is 76.1 Å². The molecule has 4 rings (SSSR count). The molecule has 184 valence electrons. The number of amides is 1. The van der Waals surface area contributed by atoms with Crippen LogP contribution in [0.5, 0.6) is 5.75 Å². The Bertz CT molecular complexity index is 1120. The summed E-state index contributed by atoms with van der Waals surface area (Å²) in [6.07, 6.45) is 7.46. The highest BCUT2D eigenvalue weighted by molar-refractivity contribution is 6.42. The molecule has 1 fully saturated rings. The van der Waals surface area contributed by atoms with E-state index in [1.54, 1.807) is 19.5 Å². The van der Waals surface area contributed by atoms with E-state index in [0.29, 0.717) is 47.2 Å². The number of aryl methyl sites for hydroxylation is 1. The van der Waals surface area contributed by atoms with Crippen LogP contribution in [0.4, 0.5) is 0 Å². The van der Waals surface area contributed by atoms with Crippen molar-refractivity contribution < 1.29 is 9.53 Å². The zero-order valence-electron chi connectivity index (χ0n) is 19.8. The summed E-state index contributed by atoms with van der Waals surface area (Å²) in [5, 5.41) is 7.79. The monoisotopic (exact) mass is 512 g/mol. The van der Waals surface area contributed by atoms with Gasteiger partial charge in [-0.2, -0.15) is 0 Å². The molecule has 1 aliphatic rings. The Morgan fingerprint density at radius 1 is 1.09 bits per heavy atom. The first-order valence-corrected chi connectivity index (χ1v) is 12.6. The van der Waals surface area contributed by atoms with Crippen molar-refractivity contribution in [3.05, 3.63) is 76.3 Å². The van der Waals surface area contributed by atoms with Crippen molar-refractivity contribution >= 4 is 29.1 Å². The molecule has 0 bridgehead atoms. The second-order valence-corrected chi connectivity index (χ2v) is 9.73. The van der Waals surface area contributed by atoms with Gasteiger partial charge in [-0.15, -0.1) is 0 Å². The van der Waals surface area contributed by atoms with Crippen molar-refractivity contribution in [2.24, 2.45) is 5.92 Å². The standard InChI is InChI=1S/C27H30Cl2N4O2/c1-35-23-5-3-20(4-6-23)21-16-32-26(33-17-21)8-9-27(34)30-11-10-22-13-19(15-31-22)12-18-2-7-24(28)25(29)14-18/h2-7,14,16-17,19,22,31H,8-13,15H2,1H3,(H,30,34). The number of nitrogens with zero attached hydrogens (tertiary/aromatic N) is 2. The Hall–Kier alpha value is -2.67. The molecule has 35 heavy (non-hydrogen) atoms. The molecule has 6 nitrogen and oxygen atoms in total. The predicted molar refractivity (Wildman–Crippen MR) is 140 cm³/mol. The number of hydrogen-bond acceptors (Lipinski definition) is 5. The van der Waals surface area contributed by atoms with Crippen molar-refractivity contribution in [1.29, 1.82) is 0 Å². The molecule has 2 unspecified atom stereocenters. The Labute approximate surface area is 216 Å². The average Bonchev–Trinajstić information content (AvgIpc) is 3.32. The van der Waals surface area contributed by atoms with Crippen molar-refractivity contribution in [3.8, 4) is 16.9 Å². The maximum atomic E-state index is 12.3. The average molecular weight is 513 g/mol. The molecule has 2 N–H and O–H groups in total. The minimum atomic E-state index is 0.0261. The lowest BCUT2D eigenvalue weighted by atomic mass is 9.96. The summed E-state index contributed by atoms with van der Waals surface area (Å²) in [6, 6.07) is 14.0. The number of methoxy groups -OCH3 is 1. The number of carbonyl (C=O) groups is 1. The number of nitrogens with one attached hydrogen (secondary N) is 2. The largest absolute Gasteiger partial charge is 0.497 e. The molecule has 2 aromatic carbocycles. The Morgan fingerprint density at radius 2 is 1.86 bits per heavy atom. The molecule has 0 radical (unpaired) electrons. The van der Waals surface area contributed by atoms with Crippen molar-refractivity contribution in [3.63, 3.8) is 0 Å². The molecular formula is C27H30Cl2N4O2. The number of aromatic nitrogens is 2. The van der Waals surface area contributed by atoms with Gasteiger partial charge in [-0.1, -0.05) is 41.4 Å². The number of ether oxygens (including phenoxy) is 1. The highest BCUT2D eigenvalue weighted by atomic mass is 35.5. The molecule has 1 saturated heterocycles. The Morgan fingerprint density at radius 3 is 2.57 bits per heavy atom. The Balaban J connectivity index is 1.14. The summed E-state index contributed by atoms with van der Waals surface area (Å²) < 4.78 is 5.19. The van der Waals surface area contributed by atoms with E-state index in [1.165, 1.54) is 5.56 Å². The number of hydrogen-bond donors (Lipinski definition) is 2. The van der Waals surface area contributed by atoms with Crippen molar-refractivity contribution in [2.45, 2.75) is 38.1 Å². The van der Waals surface area contributed by atoms with Crippen molar-refractivity contribution in [2.75, 3.05) is 20.2 Å².